The molecule has 0 unspecified atom stereocenters. The van der Waals surface area contributed by atoms with E-state index in [4.69, 9.17) is 0 Å². The lowest BCUT2D eigenvalue weighted by atomic mass is 10.1. The molecule has 0 atom stereocenters. The smallest absolute Gasteiger partial charge is 0.278 e. The zero-order valence-corrected chi connectivity index (χ0v) is 18.7. The lowest BCUT2D eigenvalue weighted by molar-refractivity contribution is -0.385. The molecule has 0 aliphatic heterocycles. The maximum atomic E-state index is 12.2. The molecule has 0 aliphatic rings. The SMILES string of the molecule is CN(C)c1ccc(/C=C/C(=O)CC(=O)/C=C/c2ccc(N(C)C)cc2[N+](=O)[O-])c([N+](=O)[O-])c1. The van der Waals surface area contributed by atoms with Gasteiger partial charge in [-0.25, -0.2) is 0 Å². The fourth-order valence-electron chi connectivity index (χ4n) is 2.87. The van der Waals surface area contributed by atoms with Crippen LogP contribution in [0.1, 0.15) is 17.5 Å². The predicted molar refractivity (Wildman–Crippen MR) is 128 cm³/mol. The van der Waals surface area contributed by atoms with Crippen LogP contribution in [-0.2, 0) is 9.59 Å². The standard InChI is InChI=1S/C23H24N4O6/c1-24(2)18-9-5-16(22(13-18)26(30)31)7-11-20(28)15-21(29)12-8-17-6-10-19(25(3)4)14-23(17)27(32)33/h5-14H,15H2,1-4H3/b11-7+,12-8+. The second-order valence-corrected chi connectivity index (χ2v) is 7.57. The summed E-state index contributed by atoms with van der Waals surface area (Å²) >= 11 is 0. The minimum atomic E-state index is -0.548. The third kappa shape index (κ3) is 6.82. The van der Waals surface area contributed by atoms with Crippen molar-refractivity contribution < 1.29 is 19.4 Å². The zero-order chi connectivity index (χ0) is 24.7. The third-order valence-electron chi connectivity index (χ3n) is 4.70. The Balaban J connectivity index is 2.12. The highest BCUT2D eigenvalue weighted by molar-refractivity contribution is 6.11. The molecule has 2 rings (SSSR count). The molecule has 0 radical (unpaired) electrons. The molecule has 0 aliphatic carbocycles. The van der Waals surface area contributed by atoms with E-state index in [1.54, 1.807) is 50.1 Å². The molecule has 0 fully saturated rings. The van der Waals surface area contributed by atoms with Gasteiger partial charge in [0.25, 0.3) is 11.4 Å². The summed E-state index contributed by atoms with van der Waals surface area (Å²) in [7, 11) is 7.01. The summed E-state index contributed by atoms with van der Waals surface area (Å²) in [5.74, 6) is -1.10. The van der Waals surface area contributed by atoms with Crippen molar-refractivity contribution in [2.45, 2.75) is 6.42 Å². The Morgan fingerprint density at radius 1 is 0.758 bits per heavy atom. The number of hydrogen-bond donors (Lipinski definition) is 0. The van der Waals surface area contributed by atoms with Gasteiger partial charge in [-0.1, -0.05) is 0 Å². The van der Waals surface area contributed by atoms with E-state index in [0.717, 1.165) is 12.2 Å². The average molecular weight is 452 g/mol. The first-order valence-corrected chi connectivity index (χ1v) is 9.83. The number of nitro benzene ring substituents is 2. The Kier molecular flexibility index (Phi) is 8.16. The van der Waals surface area contributed by atoms with Crippen LogP contribution in [0.2, 0.25) is 0 Å². The van der Waals surface area contributed by atoms with Gasteiger partial charge < -0.3 is 9.80 Å². The van der Waals surface area contributed by atoms with E-state index >= 15 is 0 Å². The highest BCUT2D eigenvalue weighted by Crippen LogP contribution is 2.27. The van der Waals surface area contributed by atoms with E-state index in [9.17, 15) is 29.8 Å². The van der Waals surface area contributed by atoms with Crippen molar-refractivity contribution in [3.63, 3.8) is 0 Å². The number of allylic oxidation sites excluding steroid dienone is 2. The summed E-state index contributed by atoms with van der Waals surface area (Å²) in [5.41, 5.74) is 1.42. The van der Waals surface area contributed by atoms with Gasteiger partial charge in [-0.3, -0.25) is 29.8 Å². The molecular formula is C23H24N4O6. The summed E-state index contributed by atoms with van der Waals surface area (Å²) in [6.45, 7) is 0. The molecule has 2 aromatic rings. The molecule has 0 amide bonds. The summed E-state index contributed by atoms with van der Waals surface area (Å²) in [5, 5.41) is 22.7. The predicted octanol–water partition coefficient (Wildman–Crippen LogP) is 3.89. The Morgan fingerprint density at radius 2 is 1.12 bits per heavy atom. The molecule has 0 N–H and O–H groups in total. The molecule has 0 aromatic heterocycles. The quantitative estimate of drug-likeness (QED) is 0.230. The van der Waals surface area contributed by atoms with Crippen LogP contribution in [0.3, 0.4) is 0 Å². The van der Waals surface area contributed by atoms with Gasteiger partial charge in [-0.05, 0) is 48.6 Å². The number of rotatable bonds is 10. The van der Waals surface area contributed by atoms with Crippen molar-refractivity contribution in [3.05, 3.63) is 79.9 Å². The second-order valence-electron chi connectivity index (χ2n) is 7.57. The van der Waals surface area contributed by atoms with E-state index < -0.39 is 27.8 Å². The average Bonchev–Trinajstić information content (AvgIpc) is 2.75. The number of benzene rings is 2. The van der Waals surface area contributed by atoms with Gasteiger partial charge in [-0.15, -0.1) is 0 Å². The van der Waals surface area contributed by atoms with Crippen molar-refractivity contribution in [2.75, 3.05) is 38.0 Å². The minimum absolute atomic E-state index is 0.162. The van der Waals surface area contributed by atoms with E-state index in [0.29, 0.717) is 11.4 Å². The van der Waals surface area contributed by atoms with E-state index in [1.165, 1.54) is 36.4 Å². The molecule has 0 spiro atoms. The van der Waals surface area contributed by atoms with Crippen LogP contribution in [0.5, 0.6) is 0 Å². The molecule has 2 aromatic carbocycles. The van der Waals surface area contributed by atoms with Crippen molar-refractivity contribution >= 4 is 46.5 Å². The molecular weight excluding hydrogens is 428 g/mol. The highest BCUT2D eigenvalue weighted by Gasteiger charge is 2.15. The van der Waals surface area contributed by atoms with E-state index in [2.05, 4.69) is 0 Å². The topological polar surface area (TPSA) is 127 Å². The maximum Gasteiger partial charge on any atom is 0.278 e. The fraction of sp³-hybridized carbons (Fsp3) is 0.217. The molecule has 10 heteroatoms. The van der Waals surface area contributed by atoms with E-state index in [1.807, 2.05) is 0 Å². The van der Waals surface area contributed by atoms with E-state index in [-0.39, 0.29) is 22.5 Å². The number of ketones is 2. The number of carbonyl (C=O) groups excluding carboxylic acids is 2. The third-order valence-corrected chi connectivity index (χ3v) is 4.70. The van der Waals surface area contributed by atoms with Gasteiger partial charge in [0.1, 0.15) is 0 Å². The summed E-state index contributed by atoms with van der Waals surface area (Å²) in [6.07, 6.45) is 4.33. The van der Waals surface area contributed by atoms with Gasteiger partial charge in [0.15, 0.2) is 11.6 Å². The molecule has 33 heavy (non-hydrogen) atoms. The number of carbonyl (C=O) groups is 2. The summed E-state index contributed by atoms with van der Waals surface area (Å²) in [4.78, 5) is 49.3. The lowest BCUT2D eigenvalue weighted by Crippen LogP contribution is -2.09. The summed E-state index contributed by atoms with van der Waals surface area (Å²) < 4.78 is 0. The highest BCUT2D eigenvalue weighted by atomic mass is 16.6. The van der Waals surface area contributed by atoms with Crippen LogP contribution < -0.4 is 9.80 Å². The van der Waals surface area contributed by atoms with Gasteiger partial charge in [0.05, 0.1) is 27.4 Å². The van der Waals surface area contributed by atoms with Crippen LogP contribution in [0.25, 0.3) is 12.2 Å². The summed E-state index contributed by atoms with van der Waals surface area (Å²) in [6, 6.07) is 9.20. The fourth-order valence-corrected chi connectivity index (χ4v) is 2.87. The van der Waals surface area contributed by atoms with Gasteiger partial charge in [0.2, 0.25) is 0 Å². The zero-order valence-electron chi connectivity index (χ0n) is 18.7. The second kappa shape index (κ2) is 10.8. The van der Waals surface area contributed by atoms with Crippen LogP contribution in [-0.4, -0.2) is 49.6 Å². The Hall–Kier alpha value is -4.34. The number of anilines is 2. The Labute approximate surface area is 190 Å². The first-order valence-electron chi connectivity index (χ1n) is 9.83. The van der Waals surface area contributed by atoms with Crippen molar-refractivity contribution in [3.8, 4) is 0 Å². The Morgan fingerprint density at radius 3 is 1.42 bits per heavy atom. The van der Waals surface area contributed by atoms with Gasteiger partial charge in [0, 0.05) is 51.7 Å². The number of nitrogens with zero attached hydrogens (tertiary/aromatic N) is 4. The van der Waals surface area contributed by atoms with Crippen molar-refractivity contribution in [2.24, 2.45) is 0 Å². The van der Waals surface area contributed by atoms with Crippen molar-refractivity contribution in [1.82, 2.24) is 0 Å². The maximum absolute atomic E-state index is 12.2. The molecule has 0 saturated carbocycles. The first kappa shape index (κ1) is 24.9. The molecule has 0 heterocycles. The number of hydrogen-bond acceptors (Lipinski definition) is 8. The molecule has 172 valence electrons. The van der Waals surface area contributed by atoms with Crippen LogP contribution in [0.15, 0.2) is 48.6 Å². The minimum Gasteiger partial charge on any atom is -0.377 e. The monoisotopic (exact) mass is 452 g/mol. The molecule has 10 nitrogen and oxygen atoms in total. The number of nitro groups is 2. The van der Waals surface area contributed by atoms with Gasteiger partial charge >= 0.3 is 0 Å². The largest absolute Gasteiger partial charge is 0.377 e. The van der Waals surface area contributed by atoms with Crippen molar-refractivity contribution in [1.29, 1.82) is 0 Å². The lowest BCUT2D eigenvalue weighted by Gasteiger charge is -2.12. The van der Waals surface area contributed by atoms with Crippen LogP contribution in [0.4, 0.5) is 22.7 Å². The molecule has 0 bridgehead atoms. The molecule has 0 saturated heterocycles. The normalized spacial score (nSPS) is 11.0. The Bertz CT molecular complexity index is 1060. The van der Waals surface area contributed by atoms with Gasteiger partial charge in [-0.2, -0.15) is 0 Å². The van der Waals surface area contributed by atoms with Crippen LogP contribution >= 0.6 is 0 Å². The van der Waals surface area contributed by atoms with Crippen LogP contribution in [0, 0.1) is 20.2 Å². The first-order chi connectivity index (χ1) is 15.5.